The number of hydrogen-bond acceptors (Lipinski definition) is 5. The van der Waals surface area contributed by atoms with Crippen molar-refractivity contribution in [2.24, 2.45) is 0 Å². The lowest BCUT2D eigenvalue weighted by Crippen LogP contribution is -2.23. The van der Waals surface area contributed by atoms with Crippen molar-refractivity contribution in [2.75, 3.05) is 12.5 Å². The van der Waals surface area contributed by atoms with E-state index in [0.29, 0.717) is 29.3 Å². The topological polar surface area (TPSA) is 73.6 Å². The molecule has 7 heteroatoms. The Hall–Kier alpha value is -1.73. The van der Waals surface area contributed by atoms with Crippen molar-refractivity contribution in [3.8, 4) is 11.5 Å². The minimum atomic E-state index is -0.235. The maximum absolute atomic E-state index is 12.2. The van der Waals surface area contributed by atoms with Gasteiger partial charge < -0.3 is 20.5 Å². The van der Waals surface area contributed by atoms with Crippen LogP contribution in [-0.4, -0.2) is 12.7 Å². The van der Waals surface area contributed by atoms with Crippen LogP contribution in [0.3, 0.4) is 0 Å². The molecule has 1 aliphatic rings. The number of benzene rings is 1. The van der Waals surface area contributed by atoms with Crippen LogP contribution in [0, 0.1) is 0 Å². The van der Waals surface area contributed by atoms with E-state index in [-0.39, 0.29) is 12.7 Å². The molecule has 0 aliphatic carbocycles. The number of nitrogens with one attached hydrogen (secondary N) is 1. The molecule has 5 nitrogen and oxygen atoms in total. The van der Waals surface area contributed by atoms with E-state index < -0.39 is 0 Å². The third kappa shape index (κ3) is 2.46. The highest BCUT2D eigenvalue weighted by Crippen LogP contribution is 2.35. The molecule has 1 aromatic heterocycles. The van der Waals surface area contributed by atoms with Crippen LogP contribution in [-0.2, 0) is 6.54 Å². The highest BCUT2D eigenvalue weighted by Gasteiger charge is 2.19. The van der Waals surface area contributed by atoms with Gasteiger partial charge in [0.05, 0.1) is 12.1 Å². The van der Waals surface area contributed by atoms with Gasteiger partial charge in [0.15, 0.2) is 11.5 Å². The summed E-state index contributed by atoms with van der Waals surface area (Å²) in [6.45, 7) is 0.604. The van der Waals surface area contributed by atoms with Crippen molar-refractivity contribution in [2.45, 2.75) is 6.54 Å². The van der Waals surface area contributed by atoms with Crippen LogP contribution in [0.1, 0.15) is 15.2 Å². The average molecular weight is 355 g/mol. The fourth-order valence-corrected chi connectivity index (χ4v) is 3.29. The smallest absolute Gasteiger partial charge is 0.253 e. The van der Waals surface area contributed by atoms with Gasteiger partial charge in [0.1, 0.15) is 0 Å². The van der Waals surface area contributed by atoms with Crippen molar-refractivity contribution >= 4 is 38.9 Å². The van der Waals surface area contributed by atoms with Gasteiger partial charge in [-0.3, -0.25) is 4.79 Å². The number of hydrogen-bond donors (Lipinski definition) is 2. The molecule has 0 radical (unpaired) electrons. The van der Waals surface area contributed by atoms with Crippen molar-refractivity contribution in [1.82, 2.24) is 5.32 Å². The Morgan fingerprint density at radius 2 is 2.15 bits per heavy atom. The van der Waals surface area contributed by atoms with E-state index in [2.05, 4.69) is 21.2 Å². The predicted octanol–water partition coefficient (Wildman–Crippen LogP) is 2.75. The molecule has 0 bridgehead atoms. The largest absolute Gasteiger partial charge is 0.454 e. The molecule has 0 atom stereocenters. The average Bonchev–Trinajstić information content (AvgIpc) is 3.03. The molecular formula is C13H11BrN2O3S. The highest BCUT2D eigenvalue weighted by atomic mass is 79.9. The molecule has 0 spiro atoms. The fourth-order valence-electron chi connectivity index (χ4n) is 1.86. The van der Waals surface area contributed by atoms with Crippen LogP contribution in [0.4, 0.5) is 5.69 Å². The number of nitrogen functional groups attached to an aromatic ring is 1. The summed E-state index contributed by atoms with van der Waals surface area (Å²) in [5.41, 5.74) is 6.63. The van der Waals surface area contributed by atoms with E-state index in [1.54, 1.807) is 23.5 Å². The summed E-state index contributed by atoms with van der Waals surface area (Å²) >= 11 is 5.00. The SMILES string of the molecule is Nc1cc2c(cc1C(=O)NCc1sccc1Br)OCO2. The number of thiophene rings is 1. The number of halogens is 1. The molecule has 3 rings (SSSR count). The molecule has 0 saturated carbocycles. The molecule has 1 aliphatic heterocycles. The Balaban J connectivity index is 1.76. The van der Waals surface area contributed by atoms with E-state index in [9.17, 15) is 4.79 Å². The zero-order valence-corrected chi connectivity index (χ0v) is 12.7. The molecule has 104 valence electrons. The van der Waals surface area contributed by atoms with Gasteiger partial charge in [-0.05, 0) is 33.4 Å². The second-order valence-corrected chi connectivity index (χ2v) is 6.02. The second-order valence-electron chi connectivity index (χ2n) is 4.17. The second kappa shape index (κ2) is 5.34. The van der Waals surface area contributed by atoms with Crippen LogP contribution in [0.2, 0.25) is 0 Å². The Morgan fingerprint density at radius 1 is 1.40 bits per heavy atom. The molecule has 0 saturated heterocycles. The summed E-state index contributed by atoms with van der Waals surface area (Å²) < 4.78 is 11.4. The third-order valence-electron chi connectivity index (χ3n) is 2.89. The van der Waals surface area contributed by atoms with Crippen molar-refractivity contribution in [1.29, 1.82) is 0 Å². The summed E-state index contributed by atoms with van der Waals surface area (Å²) in [7, 11) is 0. The molecule has 2 heterocycles. The molecule has 1 aromatic carbocycles. The van der Waals surface area contributed by atoms with Crippen molar-refractivity contribution < 1.29 is 14.3 Å². The Morgan fingerprint density at radius 3 is 2.85 bits per heavy atom. The molecule has 20 heavy (non-hydrogen) atoms. The zero-order valence-electron chi connectivity index (χ0n) is 10.3. The fraction of sp³-hybridized carbons (Fsp3) is 0.154. The Kier molecular flexibility index (Phi) is 3.54. The number of amides is 1. The lowest BCUT2D eigenvalue weighted by molar-refractivity contribution is 0.0951. The monoisotopic (exact) mass is 354 g/mol. The lowest BCUT2D eigenvalue weighted by atomic mass is 10.1. The normalized spacial score (nSPS) is 12.4. The van der Waals surface area contributed by atoms with Crippen LogP contribution >= 0.6 is 27.3 Å². The van der Waals surface area contributed by atoms with E-state index >= 15 is 0 Å². The Bertz CT molecular complexity index is 672. The van der Waals surface area contributed by atoms with Gasteiger partial charge in [-0.15, -0.1) is 11.3 Å². The number of rotatable bonds is 3. The third-order valence-corrected chi connectivity index (χ3v) is 4.82. The number of nitrogens with two attached hydrogens (primary N) is 1. The number of carbonyl (C=O) groups excluding carboxylic acids is 1. The van der Waals surface area contributed by atoms with E-state index in [0.717, 1.165) is 9.35 Å². The molecular weight excluding hydrogens is 344 g/mol. The summed E-state index contributed by atoms with van der Waals surface area (Å²) in [6.07, 6.45) is 0. The molecule has 1 amide bonds. The molecule has 2 aromatic rings. The molecule has 3 N–H and O–H groups in total. The quantitative estimate of drug-likeness (QED) is 0.831. The maximum atomic E-state index is 12.2. The number of ether oxygens (including phenoxy) is 2. The summed E-state index contributed by atoms with van der Waals surface area (Å²) in [6, 6.07) is 5.16. The van der Waals surface area contributed by atoms with E-state index in [1.807, 2.05) is 11.4 Å². The minimum Gasteiger partial charge on any atom is -0.454 e. The number of anilines is 1. The van der Waals surface area contributed by atoms with E-state index in [1.165, 1.54) is 0 Å². The van der Waals surface area contributed by atoms with Gasteiger partial charge in [0, 0.05) is 21.1 Å². The summed E-state index contributed by atoms with van der Waals surface area (Å²) in [4.78, 5) is 13.2. The van der Waals surface area contributed by atoms with Gasteiger partial charge in [-0.2, -0.15) is 0 Å². The number of carbonyl (C=O) groups is 1. The van der Waals surface area contributed by atoms with Crippen LogP contribution < -0.4 is 20.5 Å². The standard InChI is InChI=1S/C13H11BrN2O3S/c14-8-1-2-20-12(8)5-16-13(17)7-3-10-11(4-9(7)15)19-6-18-10/h1-4H,5-6,15H2,(H,16,17). The van der Waals surface area contributed by atoms with Gasteiger partial charge in [-0.25, -0.2) is 0 Å². The van der Waals surface area contributed by atoms with Gasteiger partial charge >= 0.3 is 0 Å². The first-order valence-electron chi connectivity index (χ1n) is 5.84. The first-order chi connectivity index (χ1) is 9.65. The lowest BCUT2D eigenvalue weighted by Gasteiger charge is -2.08. The maximum Gasteiger partial charge on any atom is 0.253 e. The first kappa shape index (κ1) is 13.3. The first-order valence-corrected chi connectivity index (χ1v) is 7.51. The predicted molar refractivity (Wildman–Crippen MR) is 80.2 cm³/mol. The summed E-state index contributed by atoms with van der Waals surface area (Å²) in [5.74, 6) is 0.878. The zero-order chi connectivity index (χ0) is 14.1. The van der Waals surface area contributed by atoms with E-state index in [4.69, 9.17) is 15.2 Å². The van der Waals surface area contributed by atoms with Crippen LogP contribution in [0.15, 0.2) is 28.1 Å². The minimum absolute atomic E-state index is 0.155. The molecule has 0 fully saturated rings. The highest BCUT2D eigenvalue weighted by molar-refractivity contribution is 9.10. The van der Waals surface area contributed by atoms with Crippen LogP contribution in [0.5, 0.6) is 11.5 Å². The van der Waals surface area contributed by atoms with Gasteiger partial charge in [0.2, 0.25) is 6.79 Å². The van der Waals surface area contributed by atoms with Crippen molar-refractivity contribution in [3.05, 3.63) is 38.5 Å². The van der Waals surface area contributed by atoms with Gasteiger partial charge in [-0.1, -0.05) is 0 Å². The van der Waals surface area contributed by atoms with Crippen molar-refractivity contribution in [3.63, 3.8) is 0 Å². The summed E-state index contributed by atoms with van der Waals surface area (Å²) in [5, 5.41) is 4.80. The molecule has 0 unspecified atom stereocenters. The number of fused-ring (bicyclic) bond motifs is 1. The van der Waals surface area contributed by atoms with Gasteiger partial charge in [0.25, 0.3) is 5.91 Å². The Labute approximate surface area is 127 Å². The van der Waals surface area contributed by atoms with Crippen LogP contribution in [0.25, 0.3) is 0 Å².